The maximum atomic E-state index is 6.37. The third-order valence-corrected chi connectivity index (χ3v) is 9.54. The number of hydrogen-bond acceptors (Lipinski definition) is 3. The van der Waals surface area contributed by atoms with Gasteiger partial charge in [0.25, 0.3) is 0 Å². The van der Waals surface area contributed by atoms with Crippen LogP contribution in [0.4, 0.5) is 17.1 Å². The first-order chi connectivity index (χ1) is 22.3. The molecule has 1 fully saturated rings. The van der Waals surface area contributed by atoms with Gasteiger partial charge in [-0.05, 0) is 116 Å². The van der Waals surface area contributed by atoms with Crippen LogP contribution in [0.25, 0.3) is 27.8 Å². The highest BCUT2D eigenvalue weighted by Crippen LogP contribution is 2.39. The molecule has 1 aliphatic carbocycles. The second kappa shape index (κ2) is 12.3. The lowest BCUT2D eigenvalue weighted by Crippen LogP contribution is -2.41. The Morgan fingerprint density at radius 3 is 1.72 bits per heavy atom. The topological polar surface area (TPSA) is 21.7 Å². The van der Waals surface area contributed by atoms with Crippen LogP contribution in [0, 0.1) is 0 Å². The van der Waals surface area contributed by atoms with E-state index in [1.54, 1.807) is 0 Å². The molecule has 7 rings (SSSR count). The Bertz CT molecular complexity index is 1870. The zero-order chi connectivity index (χ0) is 31.7. The van der Waals surface area contributed by atoms with E-state index in [0.717, 1.165) is 46.5 Å². The van der Waals surface area contributed by atoms with Crippen LogP contribution in [0.15, 0.2) is 146 Å². The smallest absolute Gasteiger partial charge is 0.399 e. The fourth-order valence-corrected chi connectivity index (χ4v) is 6.18. The Balaban J connectivity index is 1.25. The Labute approximate surface area is 274 Å². The van der Waals surface area contributed by atoms with Gasteiger partial charge < -0.3 is 14.2 Å². The van der Waals surface area contributed by atoms with E-state index in [1.165, 1.54) is 22.3 Å². The van der Waals surface area contributed by atoms with E-state index in [1.807, 2.05) is 0 Å². The minimum Gasteiger partial charge on any atom is -0.399 e. The highest BCUT2D eigenvalue weighted by Gasteiger charge is 2.51. The molecular weight excluding hydrogens is 561 g/mol. The fourth-order valence-electron chi connectivity index (χ4n) is 6.18. The molecule has 1 heterocycles. The van der Waals surface area contributed by atoms with Crippen LogP contribution >= 0.6 is 0 Å². The molecule has 1 saturated heterocycles. The summed E-state index contributed by atoms with van der Waals surface area (Å²) in [4.78, 5) is 2.34. The Morgan fingerprint density at radius 1 is 0.522 bits per heavy atom. The molecular formula is C42H40BNO2. The standard InChI is InChI=1S/C42H40BNO2/c1-41(2)42(3,4)46-43(45-41)37-19-11-17-35(29-37)36-18-12-20-40(30-36)44(38-25-21-33(22-26-38)31-13-7-5-8-14-31)39-27-23-34(24-28-39)32-15-9-6-10-16-32/h5,7-9,11-30H,6,10H2,1-4H3. The summed E-state index contributed by atoms with van der Waals surface area (Å²) < 4.78 is 12.7. The van der Waals surface area contributed by atoms with Crippen LogP contribution in [0.5, 0.6) is 0 Å². The van der Waals surface area contributed by atoms with E-state index in [9.17, 15) is 0 Å². The molecule has 228 valence electrons. The van der Waals surface area contributed by atoms with Crippen molar-refractivity contribution in [2.75, 3.05) is 4.90 Å². The first-order valence-electron chi connectivity index (χ1n) is 16.3. The minimum atomic E-state index is -0.402. The molecule has 2 aliphatic rings. The van der Waals surface area contributed by atoms with Crippen molar-refractivity contribution in [3.05, 3.63) is 151 Å². The SMILES string of the molecule is CC1(C)OB(c2cccc(-c3cccc(N(c4ccc(C5=CCCC=C5)cc4)c4ccc(-c5ccccc5)cc4)c3)c2)OC1(C)C. The Hall–Kier alpha value is -4.64. The fraction of sp³-hybridized carbons (Fsp3) is 0.190. The predicted octanol–water partition coefficient (Wildman–Crippen LogP) is 10.5. The number of nitrogens with zero attached hydrogens (tertiary/aromatic N) is 1. The summed E-state index contributed by atoms with van der Waals surface area (Å²) in [5.74, 6) is 0. The molecule has 0 bridgehead atoms. The molecule has 3 nitrogen and oxygen atoms in total. The summed E-state index contributed by atoms with van der Waals surface area (Å²) in [6, 6.07) is 45.6. The van der Waals surface area contributed by atoms with Crippen molar-refractivity contribution in [3.8, 4) is 22.3 Å². The number of benzene rings is 5. The normalized spacial score (nSPS) is 16.7. The second-order valence-corrected chi connectivity index (χ2v) is 13.2. The summed E-state index contributed by atoms with van der Waals surface area (Å²) in [6.07, 6.45) is 9.04. The maximum Gasteiger partial charge on any atom is 0.494 e. The first kappa shape index (κ1) is 30.0. The van der Waals surface area contributed by atoms with Crippen LogP contribution in [-0.2, 0) is 9.31 Å². The largest absolute Gasteiger partial charge is 0.494 e. The summed E-state index contributed by atoms with van der Waals surface area (Å²) in [5, 5.41) is 0. The van der Waals surface area contributed by atoms with Crippen LogP contribution < -0.4 is 10.4 Å². The van der Waals surface area contributed by atoms with Gasteiger partial charge in [0, 0.05) is 17.1 Å². The Kier molecular flexibility index (Phi) is 8.02. The van der Waals surface area contributed by atoms with Crippen molar-refractivity contribution in [2.45, 2.75) is 51.7 Å². The summed E-state index contributed by atoms with van der Waals surface area (Å²) in [6.45, 7) is 8.38. The quantitative estimate of drug-likeness (QED) is 0.173. The minimum absolute atomic E-state index is 0.385. The van der Waals surface area contributed by atoms with Crippen molar-refractivity contribution >= 4 is 35.2 Å². The molecule has 46 heavy (non-hydrogen) atoms. The van der Waals surface area contributed by atoms with Gasteiger partial charge in [0.2, 0.25) is 0 Å². The molecule has 0 aromatic heterocycles. The zero-order valence-electron chi connectivity index (χ0n) is 27.1. The van der Waals surface area contributed by atoms with Crippen LogP contribution in [0.2, 0.25) is 0 Å². The monoisotopic (exact) mass is 601 g/mol. The predicted molar refractivity (Wildman–Crippen MR) is 194 cm³/mol. The van der Waals surface area contributed by atoms with E-state index < -0.39 is 7.12 Å². The molecule has 5 aromatic carbocycles. The number of rotatable bonds is 7. The van der Waals surface area contributed by atoms with Gasteiger partial charge in [-0.25, -0.2) is 0 Å². The number of allylic oxidation sites excluding steroid dienone is 4. The van der Waals surface area contributed by atoms with E-state index >= 15 is 0 Å². The highest BCUT2D eigenvalue weighted by molar-refractivity contribution is 6.62. The maximum absolute atomic E-state index is 6.37. The lowest BCUT2D eigenvalue weighted by molar-refractivity contribution is 0.00578. The number of anilines is 3. The highest BCUT2D eigenvalue weighted by atomic mass is 16.7. The van der Waals surface area contributed by atoms with Crippen LogP contribution in [0.3, 0.4) is 0 Å². The van der Waals surface area contributed by atoms with E-state index in [0.29, 0.717) is 0 Å². The Morgan fingerprint density at radius 2 is 1.09 bits per heavy atom. The third kappa shape index (κ3) is 5.99. The van der Waals surface area contributed by atoms with Crippen molar-refractivity contribution in [1.82, 2.24) is 0 Å². The van der Waals surface area contributed by atoms with Crippen LogP contribution in [-0.4, -0.2) is 18.3 Å². The average Bonchev–Trinajstić information content (AvgIpc) is 3.32. The molecule has 0 amide bonds. The van der Waals surface area contributed by atoms with Gasteiger partial charge in [0.15, 0.2) is 0 Å². The number of hydrogen-bond donors (Lipinski definition) is 0. The van der Waals surface area contributed by atoms with Gasteiger partial charge >= 0.3 is 7.12 Å². The third-order valence-electron chi connectivity index (χ3n) is 9.54. The first-order valence-corrected chi connectivity index (χ1v) is 16.3. The van der Waals surface area contributed by atoms with Gasteiger partial charge in [0.05, 0.1) is 11.2 Å². The summed E-state index contributed by atoms with van der Waals surface area (Å²) >= 11 is 0. The van der Waals surface area contributed by atoms with Crippen molar-refractivity contribution in [1.29, 1.82) is 0 Å². The van der Waals surface area contributed by atoms with E-state index in [4.69, 9.17) is 9.31 Å². The van der Waals surface area contributed by atoms with Crippen molar-refractivity contribution < 1.29 is 9.31 Å². The van der Waals surface area contributed by atoms with E-state index in [2.05, 4.69) is 178 Å². The zero-order valence-corrected chi connectivity index (χ0v) is 27.1. The van der Waals surface area contributed by atoms with Gasteiger partial charge in [-0.1, -0.05) is 109 Å². The molecule has 0 N–H and O–H groups in total. The molecule has 4 heteroatoms. The molecule has 0 spiro atoms. The summed E-state index contributed by atoms with van der Waals surface area (Å²) in [7, 11) is -0.402. The van der Waals surface area contributed by atoms with Gasteiger partial charge in [-0.3, -0.25) is 0 Å². The van der Waals surface area contributed by atoms with E-state index in [-0.39, 0.29) is 11.2 Å². The molecule has 0 saturated carbocycles. The van der Waals surface area contributed by atoms with Gasteiger partial charge in [-0.15, -0.1) is 0 Å². The van der Waals surface area contributed by atoms with Gasteiger partial charge in [0.1, 0.15) is 0 Å². The molecule has 0 unspecified atom stereocenters. The summed E-state index contributed by atoms with van der Waals surface area (Å²) in [5.41, 5.74) is 10.8. The van der Waals surface area contributed by atoms with Crippen molar-refractivity contribution in [3.63, 3.8) is 0 Å². The second-order valence-electron chi connectivity index (χ2n) is 13.2. The van der Waals surface area contributed by atoms with Crippen molar-refractivity contribution in [2.24, 2.45) is 0 Å². The van der Waals surface area contributed by atoms with Crippen LogP contribution in [0.1, 0.15) is 46.1 Å². The molecule has 1 aliphatic heterocycles. The lowest BCUT2D eigenvalue weighted by atomic mass is 9.78. The average molecular weight is 602 g/mol. The molecule has 0 atom stereocenters. The lowest BCUT2D eigenvalue weighted by Gasteiger charge is -2.32. The molecule has 5 aromatic rings. The van der Waals surface area contributed by atoms with Gasteiger partial charge in [-0.2, -0.15) is 0 Å². The molecule has 0 radical (unpaired) electrons.